The summed E-state index contributed by atoms with van der Waals surface area (Å²) in [7, 11) is 3.54. The van der Waals surface area contributed by atoms with Crippen LogP contribution in [0.15, 0.2) is 85.2 Å². The average Bonchev–Trinajstić information content (AvgIpc) is 3.25. The van der Waals surface area contributed by atoms with Crippen molar-refractivity contribution >= 4 is 34.6 Å². The lowest BCUT2D eigenvalue weighted by atomic mass is 10.1. The number of benzene rings is 2. The highest BCUT2D eigenvalue weighted by Gasteiger charge is 2.07. The lowest BCUT2D eigenvalue weighted by Gasteiger charge is -2.09. The van der Waals surface area contributed by atoms with Crippen LogP contribution in [0.5, 0.6) is 11.5 Å². The van der Waals surface area contributed by atoms with Gasteiger partial charge < -0.3 is 14.0 Å². The van der Waals surface area contributed by atoms with Crippen LogP contribution in [0.4, 0.5) is 0 Å². The Kier molecular flexibility index (Phi) is 7.53. The van der Waals surface area contributed by atoms with Crippen LogP contribution < -0.4 is 9.47 Å². The van der Waals surface area contributed by atoms with E-state index in [2.05, 4.69) is 4.98 Å². The number of methoxy groups -OCH3 is 1. The van der Waals surface area contributed by atoms with Crippen LogP contribution in [0.3, 0.4) is 0 Å². The summed E-state index contributed by atoms with van der Waals surface area (Å²) in [4.78, 5) is 28.8. The zero-order chi connectivity index (χ0) is 24.6. The largest absolute Gasteiger partial charge is 0.496 e. The van der Waals surface area contributed by atoms with Gasteiger partial charge in [0.05, 0.1) is 19.2 Å². The molecule has 0 amide bonds. The number of pyridine rings is 1. The first-order valence-corrected chi connectivity index (χ1v) is 11.2. The molecule has 35 heavy (non-hydrogen) atoms. The van der Waals surface area contributed by atoms with E-state index in [1.165, 1.54) is 12.2 Å². The zero-order valence-corrected chi connectivity index (χ0v) is 19.7. The number of rotatable bonds is 10. The molecule has 0 radical (unpaired) electrons. The number of aromatic nitrogens is 2. The Labute approximate surface area is 204 Å². The molecule has 0 fully saturated rings. The van der Waals surface area contributed by atoms with Crippen molar-refractivity contribution in [2.75, 3.05) is 7.11 Å². The third-order valence-corrected chi connectivity index (χ3v) is 5.49. The first kappa shape index (κ1) is 23.7. The maximum atomic E-state index is 12.3. The number of fused-ring (bicyclic) bond motifs is 1. The van der Waals surface area contributed by atoms with E-state index in [1.807, 2.05) is 60.3 Å². The smallest absolute Gasteiger partial charge is 0.163 e. The van der Waals surface area contributed by atoms with Gasteiger partial charge in [0, 0.05) is 42.0 Å². The van der Waals surface area contributed by atoms with Crippen molar-refractivity contribution in [1.29, 1.82) is 0 Å². The number of hydrogen-bond donors (Lipinski definition) is 0. The molecular formula is C29H26N2O4. The van der Waals surface area contributed by atoms with Crippen LogP contribution in [0.25, 0.3) is 23.1 Å². The third kappa shape index (κ3) is 6.32. The van der Waals surface area contributed by atoms with Crippen molar-refractivity contribution in [3.05, 3.63) is 102 Å². The molecular weight excluding hydrogens is 440 g/mol. The van der Waals surface area contributed by atoms with Gasteiger partial charge in [-0.15, -0.1) is 0 Å². The average molecular weight is 467 g/mol. The van der Waals surface area contributed by atoms with Crippen molar-refractivity contribution in [3.63, 3.8) is 0 Å². The van der Waals surface area contributed by atoms with Crippen molar-refractivity contribution < 1.29 is 19.1 Å². The van der Waals surface area contributed by atoms with Gasteiger partial charge in [-0.2, -0.15) is 0 Å². The Balaban J connectivity index is 1.33. The number of ketones is 2. The van der Waals surface area contributed by atoms with Crippen LogP contribution in [-0.4, -0.2) is 28.2 Å². The van der Waals surface area contributed by atoms with Gasteiger partial charge in [-0.1, -0.05) is 18.2 Å². The van der Waals surface area contributed by atoms with Gasteiger partial charge in [-0.25, -0.2) is 0 Å². The summed E-state index contributed by atoms with van der Waals surface area (Å²) in [5.41, 5.74) is 3.57. The van der Waals surface area contributed by atoms with E-state index in [0.29, 0.717) is 23.7 Å². The minimum atomic E-state index is -0.282. The van der Waals surface area contributed by atoms with E-state index in [1.54, 1.807) is 43.7 Å². The summed E-state index contributed by atoms with van der Waals surface area (Å²) in [5.74, 6) is 0.661. The summed E-state index contributed by atoms with van der Waals surface area (Å²) in [5, 5.41) is 1.10. The van der Waals surface area contributed by atoms with Gasteiger partial charge in [0.1, 0.15) is 18.1 Å². The number of aryl methyl sites for hydroxylation is 1. The summed E-state index contributed by atoms with van der Waals surface area (Å²) in [6, 6.07) is 19.0. The molecule has 0 aliphatic heterocycles. The standard InChI is InChI=1S/C29H26N2O4/c1-31-16-14-23-17-21(7-13-28(23)31)6-10-25(32)18-26(33)11-8-22-9-12-27(19-29(22)34-2)35-20-24-5-3-4-15-30-24/h3-17,19H,18,20H2,1-2H3/b10-6+,11-8+. The summed E-state index contributed by atoms with van der Waals surface area (Å²) in [6.45, 7) is 0.340. The minimum absolute atomic E-state index is 0.200. The number of carbonyl (C=O) groups excluding carboxylic acids is 2. The molecule has 0 aliphatic carbocycles. The van der Waals surface area contributed by atoms with E-state index < -0.39 is 0 Å². The maximum absolute atomic E-state index is 12.3. The van der Waals surface area contributed by atoms with Crippen LogP contribution in [-0.2, 0) is 23.2 Å². The van der Waals surface area contributed by atoms with E-state index in [-0.39, 0.29) is 18.0 Å². The molecule has 0 aliphatic rings. The highest BCUT2D eigenvalue weighted by Crippen LogP contribution is 2.26. The topological polar surface area (TPSA) is 70.4 Å². The molecule has 0 unspecified atom stereocenters. The Morgan fingerprint density at radius 2 is 1.80 bits per heavy atom. The summed E-state index contributed by atoms with van der Waals surface area (Å²) < 4.78 is 13.2. The van der Waals surface area contributed by atoms with Crippen molar-refractivity contribution in [3.8, 4) is 11.5 Å². The molecule has 0 N–H and O–H groups in total. The SMILES string of the molecule is COc1cc(OCc2ccccn2)ccc1/C=C/C(=O)CC(=O)/C=C/c1ccc2c(ccn2C)c1. The van der Waals surface area contributed by atoms with Crippen LogP contribution >= 0.6 is 0 Å². The third-order valence-electron chi connectivity index (χ3n) is 5.49. The quantitative estimate of drug-likeness (QED) is 0.231. The molecule has 0 saturated carbocycles. The molecule has 6 heteroatoms. The van der Waals surface area contributed by atoms with Gasteiger partial charge >= 0.3 is 0 Å². The lowest BCUT2D eigenvalue weighted by Crippen LogP contribution is -2.02. The summed E-state index contributed by atoms with van der Waals surface area (Å²) >= 11 is 0. The Hall–Kier alpha value is -4.45. The highest BCUT2D eigenvalue weighted by molar-refractivity contribution is 6.11. The second-order valence-electron chi connectivity index (χ2n) is 8.03. The number of ether oxygens (including phenoxy) is 2. The molecule has 0 atom stereocenters. The van der Waals surface area contributed by atoms with Gasteiger partial charge in [0.2, 0.25) is 0 Å². The fourth-order valence-corrected chi connectivity index (χ4v) is 3.62. The van der Waals surface area contributed by atoms with E-state index in [0.717, 1.165) is 22.2 Å². The fraction of sp³-hybridized carbons (Fsp3) is 0.138. The highest BCUT2D eigenvalue weighted by atomic mass is 16.5. The van der Waals surface area contributed by atoms with Crippen LogP contribution in [0.1, 0.15) is 23.2 Å². The number of carbonyl (C=O) groups is 2. The zero-order valence-electron chi connectivity index (χ0n) is 19.7. The Morgan fingerprint density at radius 3 is 2.57 bits per heavy atom. The molecule has 4 aromatic rings. The maximum Gasteiger partial charge on any atom is 0.163 e. The number of allylic oxidation sites excluding steroid dienone is 2. The molecule has 2 aromatic heterocycles. The minimum Gasteiger partial charge on any atom is -0.496 e. The van der Waals surface area contributed by atoms with Crippen LogP contribution in [0.2, 0.25) is 0 Å². The molecule has 4 rings (SSSR count). The second-order valence-corrected chi connectivity index (χ2v) is 8.03. The van der Waals surface area contributed by atoms with Crippen molar-refractivity contribution in [2.24, 2.45) is 7.05 Å². The molecule has 0 saturated heterocycles. The predicted molar refractivity (Wildman–Crippen MR) is 137 cm³/mol. The van der Waals surface area contributed by atoms with Gasteiger partial charge in [-0.3, -0.25) is 14.6 Å². The van der Waals surface area contributed by atoms with Gasteiger partial charge in [0.25, 0.3) is 0 Å². The van der Waals surface area contributed by atoms with Crippen LogP contribution in [0, 0.1) is 0 Å². The molecule has 2 aromatic carbocycles. The number of nitrogens with zero attached hydrogens (tertiary/aromatic N) is 2. The molecule has 6 nitrogen and oxygen atoms in total. The predicted octanol–water partition coefficient (Wildman–Crippen LogP) is 5.42. The van der Waals surface area contributed by atoms with Crippen molar-refractivity contribution in [1.82, 2.24) is 9.55 Å². The van der Waals surface area contributed by atoms with E-state index in [4.69, 9.17) is 9.47 Å². The molecule has 176 valence electrons. The normalized spacial score (nSPS) is 11.4. The summed E-state index contributed by atoms with van der Waals surface area (Å²) in [6.07, 6.45) is 9.73. The Bertz CT molecular complexity index is 1400. The van der Waals surface area contributed by atoms with Gasteiger partial charge in [-0.05, 0) is 66.3 Å². The second kappa shape index (κ2) is 11.1. The monoisotopic (exact) mass is 466 g/mol. The first-order chi connectivity index (χ1) is 17.0. The molecule has 0 bridgehead atoms. The van der Waals surface area contributed by atoms with Gasteiger partial charge in [0.15, 0.2) is 11.6 Å². The van der Waals surface area contributed by atoms with E-state index >= 15 is 0 Å². The Morgan fingerprint density at radius 1 is 0.971 bits per heavy atom. The number of hydrogen-bond acceptors (Lipinski definition) is 5. The van der Waals surface area contributed by atoms with Crippen molar-refractivity contribution in [2.45, 2.75) is 13.0 Å². The molecule has 2 heterocycles. The fourth-order valence-electron chi connectivity index (χ4n) is 3.62. The first-order valence-electron chi connectivity index (χ1n) is 11.2. The lowest BCUT2D eigenvalue weighted by molar-refractivity contribution is -0.121. The molecule has 0 spiro atoms. The van der Waals surface area contributed by atoms with E-state index in [9.17, 15) is 9.59 Å².